The lowest BCUT2D eigenvalue weighted by molar-refractivity contribution is -0.136. The van der Waals surface area contributed by atoms with Crippen LogP contribution in [0.5, 0.6) is 5.75 Å². The molecule has 5 heteroatoms. The minimum Gasteiger partial charge on any atom is -0.481 e. The molecule has 2 rings (SSSR count). The number of carbonyl (C=O) groups is 1. The highest BCUT2D eigenvalue weighted by molar-refractivity contribution is 9.10. The molecular formula is C15H21BrN2O2. The van der Waals surface area contributed by atoms with E-state index in [1.165, 1.54) is 19.3 Å². The van der Waals surface area contributed by atoms with Crippen molar-refractivity contribution in [2.24, 2.45) is 0 Å². The number of pyridine rings is 1. The predicted octanol–water partition coefficient (Wildman–Crippen LogP) is 3.40. The van der Waals surface area contributed by atoms with Crippen LogP contribution in [0.15, 0.2) is 22.9 Å². The minimum atomic E-state index is 0.0650. The summed E-state index contributed by atoms with van der Waals surface area (Å²) >= 11 is 3.32. The molecule has 1 aliphatic rings. The minimum absolute atomic E-state index is 0.0650. The van der Waals surface area contributed by atoms with Gasteiger partial charge in [0.15, 0.2) is 12.4 Å². The Labute approximate surface area is 128 Å². The number of carbonyl (C=O) groups excluding carboxylic acids is 1. The number of ether oxygens (including phenoxy) is 1. The van der Waals surface area contributed by atoms with Crippen molar-refractivity contribution in [1.29, 1.82) is 0 Å². The Kier molecular flexibility index (Phi) is 5.83. The standard InChI is InChI=1S/C15H21BrN2O2/c1-2-18(12-7-4-3-5-8-12)14(19)11-20-13-9-6-10-17-15(13)16/h6,9-10,12H,2-5,7-8,11H2,1H3. The maximum Gasteiger partial charge on any atom is 0.260 e. The molecule has 1 aromatic rings. The summed E-state index contributed by atoms with van der Waals surface area (Å²) < 4.78 is 6.20. The lowest BCUT2D eigenvalue weighted by Gasteiger charge is -2.33. The van der Waals surface area contributed by atoms with Gasteiger partial charge in [0, 0.05) is 18.8 Å². The lowest BCUT2D eigenvalue weighted by Crippen LogP contribution is -2.43. The third-order valence-electron chi connectivity index (χ3n) is 3.75. The van der Waals surface area contributed by atoms with Gasteiger partial charge in [0.2, 0.25) is 0 Å². The number of aromatic nitrogens is 1. The Balaban J connectivity index is 1.90. The summed E-state index contributed by atoms with van der Waals surface area (Å²) in [6, 6.07) is 3.99. The van der Waals surface area contributed by atoms with Crippen LogP contribution in [0, 0.1) is 0 Å². The molecule has 4 nitrogen and oxygen atoms in total. The number of halogens is 1. The fourth-order valence-corrected chi connectivity index (χ4v) is 3.10. The van der Waals surface area contributed by atoms with Gasteiger partial charge >= 0.3 is 0 Å². The topological polar surface area (TPSA) is 42.4 Å². The number of hydrogen-bond donors (Lipinski definition) is 0. The molecule has 0 aromatic carbocycles. The van der Waals surface area contributed by atoms with Gasteiger partial charge in [-0.2, -0.15) is 0 Å². The van der Waals surface area contributed by atoms with Crippen molar-refractivity contribution in [3.63, 3.8) is 0 Å². The zero-order valence-corrected chi connectivity index (χ0v) is 13.4. The van der Waals surface area contributed by atoms with Crippen LogP contribution in [0.1, 0.15) is 39.0 Å². The van der Waals surface area contributed by atoms with Crippen LogP contribution in [0.25, 0.3) is 0 Å². The summed E-state index contributed by atoms with van der Waals surface area (Å²) in [7, 11) is 0. The summed E-state index contributed by atoms with van der Waals surface area (Å²) in [5, 5.41) is 0. The molecule has 1 fully saturated rings. The first kappa shape index (κ1) is 15.3. The highest BCUT2D eigenvalue weighted by atomic mass is 79.9. The third kappa shape index (κ3) is 3.95. The van der Waals surface area contributed by atoms with Crippen molar-refractivity contribution in [2.75, 3.05) is 13.2 Å². The van der Waals surface area contributed by atoms with Crippen molar-refractivity contribution in [1.82, 2.24) is 9.88 Å². The van der Waals surface area contributed by atoms with E-state index in [1.807, 2.05) is 11.8 Å². The van der Waals surface area contributed by atoms with Crippen LogP contribution < -0.4 is 4.74 Å². The largest absolute Gasteiger partial charge is 0.481 e. The van der Waals surface area contributed by atoms with Crippen LogP contribution in [0.4, 0.5) is 0 Å². The summed E-state index contributed by atoms with van der Waals surface area (Å²) in [5.41, 5.74) is 0. The second kappa shape index (κ2) is 7.62. The first-order valence-corrected chi connectivity index (χ1v) is 8.04. The van der Waals surface area contributed by atoms with Crippen molar-refractivity contribution in [3.05, 3.63) is 22.9 Å². The average molecular weight is 341 g/mol. The van der Waals surface area contributed by atoms with Gasteiger partial charge < -0.3 is 9.64 Å². The second-order valence-corrected chi connectivity index (χ2v) is 5.80. The van der Waals surface area contributed by atoms with Crippen LogP contribution in [-0.4, -0.2) is 35.0 Å². The Morgan fingerprint density at radius 3 is 2.85 bits per heavy atom. The number of amides is 1. The molecule has 1 heterocycles. The molecule has 0 N–H and O–H groups in total. The van der Waals surface area contributed by atoms with Crippen molar-refractivity contribution < 1.29 is 9.53 Å². The normalized spacial score (nSPS) is 15.9. The lowest BCUT2D eigenvalue weighted by atomic mass is 9.94. The van der Waals surface area contributed by atoms with Gasteiger partial charge in [-0.25, -0.2) is 4.98 Å². The molecule has 1 aromatic heterocycles. The summed E-state index contributed by atoms with van der Waals surface area (Å²) in [6.07, 6.45) is 7.67. The maximum atomic E-state index is 12.3. The maximum absolute atomic E-state index is 12.3. The van der Waals surface area contributed by atoms with E-state index in [0.29, 0.717) is 16.4 Å². The first-order valence-electron chi connectivity index (χ1n) is 7.25. The molecule has 0 saturated heterocycles. The number of nitrogens with zero attached hydrogens (tertiary/aromatic N) is 2. The van der Waals surface area contributed by atoms with Gasteiger partial charge in [0.25, 0.3) is 5.91 Å². The first-order chi connectivity index (χ1) is 9.72. The molecule has 110 valence electrons. The van der Waals surface area contributed by atoms with Gasteiger partial charge in [-0.1, -0.05) is 19.3 Å². The summed E-state index contributed by atoms with van der Waals surface area (Å²) in [4.78, 5) is 18.4. The van der Waals surface area contributed by atoms with Crippen molar-refractivity contribution >= 4 is 21.8 Å². The van der Waals surface area contributed by atoms with E-state index in [4.69, 9.17) is 4.74 Å². The van der Waals surface area contributed by atoms with E-state index in [2.05, 4.69) is 20.9 Å². The Morgan fingerprint density at radius 2 is 2.20 bits per heavy atom. The third-order valence-corrected chi connectivity index (χ3v) is 4.35. The molecule has 1 aliphatic carbocycles. The summed E-state index contributed by atoms with van der Waals surface area (Å²) in [5.74, 6) is 0.677. The molecular weight excluding hydrogens is 320 g/mol. The molecule has 1 saturated carbocycles. The Morgan fingerprint density at radius 1 is 1.45 bits per heavy atom. The van der Waals surface area contributed by atoms with Crippen molar-refractivity contribution in [3.8, 4) is 5.75 Å². The van der Waals surface area contributed by atoms with E-state index >= 15 is 0 Å². The Bertz CT molecular complexity index is 447. The van der Waals surface area contributed by atoms with Crippen LogP contribution >= 0.6 is 15.9 Å². The molecule has 20 heavy (non-hydrogen) atoms. The highest BCUT2D eigenvalue weighted by Crippen LogP contribution is 2.24. The average Bonchev–Trinajstić information content (AvgIpc) is 2.48. The molecule has 0 unspecified atom stereocenters. The van der Waals surface area contributed by atoms with Gasteiger partial charge in [-0.15, -0.1) is 0 Å². The van der Waals surface area contributed by atoms with Crippen LogP contribution in [0.3, 0.4) is 0 Å². The molecule has 1 amide bonds. The Hall–Kier alpha value is -1.10. The predicted molar refractivity (Wildman–Crippen MR) is 81.7 cm³/mol. The fraction of sp³-hybridized carbons (Fsp3) is 0.600. The van der Waals surface area contributed by atoms with E-state index in [9.17, 15) is 4.79 Å². The van der Waals surface area contributed by atoms with E-state index < -0.39 is 0 Å². The SMILES string of the molecule is CCN(C(=O)COc1cccnc1Br)C1CCCCC1. The number of hydrogen-bond acceptors (Lipinski definition) is 3. The molecule has 0 spiro atoms. The zero-order valence-electron chi connectivity index (χ0n) is 11.8. The molecule has 0 radical (unpaired) electrons. The smallest absolute Gasteiger partial charge is 0.260 e. The van der Waals surface area contributed by atoms with E-state index in [1.54, 1.807) is 18.3 Å². The zero-order chi connectivity index (χ0) is 14.4. The molecule has 0 atom stereocenters. The van der Waals surface area contributed by atoms with Crippen LogP contribution in [-0.2, 0) is 4.79 Å². The van der Waals surface area contributed by atoms with Gasteiger partial charge in [-0.05, 0) is 47.8 Å². The molecule has 0 bridgehead atoms. The number of rotatable bonds is 5. The summed E-state index contributed by atoms with van der Waals surface area (Å²) in [6.45, 7) is 2.86. The van der Waals surface area contributed by atoms with Gasteiger partial charge in [0.05, 0.1) is 0 Å². The second-order valence-electron chi connectivity index (χ2n) is 5.05. The monoisotopic (exact) mass is 340 g/mol. The number of likely N-dealkylation sites (N-methyl/N-ethyl adjacent to an activating group) is 1. The van der Waals surface area contributed by atoms with Crippen molar-refractivity contribution in [2.45, 2.75) is 45.1 Å². The quantitative estimate of drug-likeness (QED) is 0.771. The van der Waals surface area contributed by atoms with Gasteiger partial charge in [0.1, 0.15) is 4.60 Å². The van der Waals surface area contributed by atoms with Crippen LogP contribution in [0.2, 0.25) is 0 Å². The molecule has 0 aliphatic heterocycles. The highest BCUT2D eigenvalue weighted by Gasteiger charge is 2.24. The van der Waals surface area contributed by atoms with E-state index in [0.717, 1.165) is 19.4 Å². The van der Waals surface area contributed by atoms with Gasteiger partial charge in [-0.3, -0.25) is 4.79 Å². The van der Waals surface area contributed by atoms with E-state index in [-0.39, 0.29) is 12.5 Å². The fourth-order valence-electron chi connectivity index (χ4n) is 2.73.